The van der Waals surface area contributed by atoms with Crippen molar-refractivity contribution in [1.29, 1.82) is 0 Å². The van der Waals surface area contributed by atoms with E-state index in [9.17, 15) is 4.39 Å². The minimum atomic E-state index is -0.345. The molecule has 19 heavy (non-hydrogen) atoms. The molecule has 3 nitrogen and oxygen atoms in total. The van der Waals surface area contributed by atoms with Crippen molar-refractivity contribution in [3.63, 3.8) is 0 Å². The zero-order chi connectivity index (χ0) is 13.7. The van der Waals surface area contributed by atoms with Gasteiger partial charge in [-0.25, -0.2) is 4.39 Å². The van der Waals surface area contributed by atoms with Crippen molar-refractivity contribution in [2.45, 2.75) is 19.4 Å². The van der Waals surface area contributed by atoms with Crippen LogP contribution in [0.5, 0.6) is 0 Å². The summed E-state index contributed by atoms with van der Waals surface area (Å²) in [5.74, 6) is -0.345. The lowest BCUT2D eigenvalue weighted by atomic mass is 10.0. The molecule has 100 valence electrons. The average Bonchev–Trinajstić information content (AvgIpc) is 2.42. The monoisotopic (exact) mass is 279 g/mol. The molecule has 0 spiro atoms. The molecule has 0 saturated heterocycles. The first kappa shape index (κ1) is 13.9. The second kappa shape index (κ2) is 6.59. The Morgan fingerprint density at radius 1 is 1.37 bits per heavy atom. The third kappa shape index (κ3) is 3.49. The van der Waals surface area contributed by atoms with Crippen molar-refractivity contribution in [3.8, 4) is 0 Å². The summed E-state index contributed by atoms with van der Waals surface area (Å²) in [6.45, 7) is 2.89. The maximum Gasteiger partial charge on any atom is 0.124 e. The van der Waals surface area contributed by atoms with Gasteiger partial charge in [0.1, 0.15) is 5.82 Å². The summed E-state index contributed by atoms with van der Waals surface area (Å²) in [5, 5.41) is 3.74. The van der Waals surface area contributed by atoms with Gasteiger partial charge in [-0.2, -0.15) is 0 Å². The summed E-state index contributed by atoms with van der Waals surface area (Å²) in [5.41, 5.74) is 1.57. The Hall–Kier alpha value is -1.52. The molecular formula is C14H15ClFN3. The number of benzene rings is 1. The lowest BCUT2D eigenvalue weighted by Crippen LogP contribution is -2.24. The molecule has 0 amide bonds. The van der Waals surface area contributed by atoms with E-state index in [1.54, 1.807) is 24.7 Å². The zero-order valence-electron chi connectivity index (χ0n) is 10.6. The Labute approximate surface area is 116 Å². The lowest BCUT2D eigenvalue weighted by Gasteiger charge is -2.19. The van der Waals surface area contributed by atoms with E-state index in [4.69, 9.17) is 11.6 Å². The summed E-state index contributed by atoms with van der Waals surface area (Å²) in [6, 6.07) is 4.22. The van der Waals surface area contributed by atoms with Crippen molar-refractivity contribution in [3.05, 3.63) is 58.9 Å². The molecule has 2 aromatic rings. The number of hydrogen-bond acceptors (Lipinski definition) is 3. The fourth-order valence-electron chi connectivity index (χ4n) is 1.86. The molecule has 5 heteroatoms. The van der Waals surface area contributed by atoms with E-state index in [-0.39, 0.29) is 11.9 Å². The second-order valence-electron chi connectivity index (χ2n) is 4.18. The topological polar surface area (TPSA) is 37.8 Å². The van der Waals surface area contributed by atoms with Crippen LogP contribution >= 0.6 is 11.6 Å². The van der Waals surface area contributed by atoms with Crippen molar-refractivity contribution < 1.29 is 4.39 Å². The van der Waals surface area contributed by atoms with Crippen LogP contribution in [-0.2, 0) is 0 Å². The van der Waals surface area contributed by atoms with E-state index in [0.29, 0.717) is 5.02 Å². The molecule has 1 aromatic heterocycles. The molecule has 0 aliphatic heterocycles. The maximum absolute atomic E-state index is 13.1. The van der Waals surface area contributed by atoms with E-state index in [0.717, 1.165) is 24.2 Å². The smallest absolute Gasteiger partial charge is 0.124 e. The predicted octanol–water partition coefficient (Wildman–Crippen LogP) is 3.36. The SMILES string of the molecule is CCCNC(c1cnccn1)c1ccc(F)cc1Cl. The van der Waals surface area contributed by atoms with Crippen LogP contribution < -0.4 is 5.32 Å². The molecule has 1 heterocycles. The number of hydrogen-bond donors (Lipinski definition) is 1. The largest absolute Gasteiger partial charge is 0.305 e. The van der Waals surface area contributed by atoms with E-state index in [1.807, 2.05) is 0 Å². The predicted molar refractivity (Wildman–Crippen MR) is 73.6 cm³/mol. The molecule has 2 rings (SSSR count). The molecule has 0 aliphatic rings. The Morgan fingerprint density at radius 3 is 2.84 bits per heavy atom. The Balaban J connectivity index is 2.37. The van der Waals surface area contributed by atoms with Gasteiger partial charge in [-0.15, -0.1) is 0 Å². The molecule has 0 bridgehead atoms. The third-order valence-electron chi connectivity index (χ3n) is 2.75. The van der Waals surface area contributed by atoms with Crippen LogP contribution in [0.1, 0.15) is 30.6 Å². The molecule has 1 aromatic carbocycles. The van der Waals surface area contributed by atoms with Crippen LogP contribution in [0.15, 0.2) is 36.8 Å². The summed E-state index contributed by atoms with van der Waals surface area (Å²) >= 11 is 6.12. The molecule has 1 N–H and O–H groups in total. The highest BCUT2D eigenvalue weighted by molar-refractivity contribution is 6.31. The number of nitrogens with zero attached hydrogens (tertiary/aromatic N) is 2. The first-order valence-corrected chi connectivity index (χ1v) is 6.54. The average molecular weight is 280 g/mol. The highest BCUT2D eigenvalue weighted by Crippen LogP contribution is 2.27. The van der Waals surface area contributed by atoms with Crippen molar-refractivity contribution in [1.82, 2.24) is 15.3 Å². The first-order chi connectivity index (χ1) is 9.22. The van der Waals surface area contributed by atoms with Crippen LogP contribution in [0.3, 0.4) is 0 Å². The van der Waals surface area contributed by atoms with Crippen LogP contribution in [-0.4, -0.2) is 16.5 Å². The molecule has 0 radical (unpaired) electrons. The van der Waals surface area contributed by atoms with E-state index < -0.39 is 0 Å². The van der Waals surface area contributed by atoms with Gasteiger partial charge in [0.2, 0.25) is 0 Å². The van der Waals surface area contributed by atoms with Crippen molar-refractivity contribution >= 4 is 11.6 Å². The lowest BCUT2D eigenvalue weighted by molar-refractivity contribution is 0.580. The van der Waals surface area contributed by atoms with E-state index in [2.05, 4.69) is 22.2 Å². The molecule has 0 fully saturated rings. The van der Waals surface area contributed by atoms with Gasteiger partial charge in [0.25, 0.3) is 0 Å². The van der Waals surface area contributed by atoms with E-state index >= 15 is 0 Å². The molecule has 1 unspecified atom stereocenters. The fraction of sp³-hybridized carbons (Fsp3) is 0.286. The normalized spacial score (nSPS) is 12.4. The molecular weight excluding hydrogens is 265 g/mol. The molecule has 0 saturated carbocycles. The highest BCUT2D eigenvalue weighted by Gasteiger charge is 2.18. The second-order valence-corrected chi connectivity index (χ2v) is 4.59. The Bertz CT molecular complexity index is 533. The van der Waals surface area contributed by atoms with Crippen LogP contribution in [0.4, 0.5) is 4.39 Å². The fourth-order valence-corrected chi connectivity index (χ4v) is 2.13. The summed E-state index contributed by atoms with van der Waals surface area (Å²) in [7, 11) is 0. The van der Waals surface area contributed by atoms with Crippen LogP contribution in [0.2, 0.25) is 5.02 Å². The van der Waals surface area contributed by atoms with Gasteiger partial charge in [0, 0.05) is 17.4 Å². The zero-order valence-corrected chi connectivity index (χ0v) is 11.4. The van der Waals surface area contributed by atoms with Gasteiger partial charge in [-0.05, 0) is 30.7 Å². The highest BCUT2D eigenvalue weighted by atomic mass is 35.5. The number of nitrogens with one attached hydrogen (secondary N) is 1. The van der Waals surface area contributed by atoms with Gasteiger partial charge in [-0.1, -0.05) is 24.6 Å². The minimum absolute atomic E-state index is 0.179. The maximum atomic E-state index is 13.1. The number of aromatic nitrogens is 2. The Morgan fingerprint density at radius 2 is 2.21 bits per heavy atom. The number of rotatable bonds is 5. The van der Waals surface area contributed by atoms with Gasteiger partial charge < -0.3 is 5.32 Å². The van der Waals surface area contributed by atoms with Gasteiger partial charge in [0.15, 0.2) is 0 Å². The van der Waals surface area contributed by atoms with Crippen LogP contribution in [0.25, 0.3) is 0 Å². The molecule has 1 atom stereocenters. The van der Waals surface area contributed by atoms with Gasteiger partial charge in [0.05, 0.1) is 17.9 Å². The van der Waals surface area contributed by atoms with Gasteiger partial charge >= 0.3 is 0 Å². The standard InChI is InChI=1S/C14H15ClFN3/c1-2-5-19-14(13-9-17-6-7-18-13)11-4-3-10(16)8-12(11)15/h3-4,6-9,14,19H,2,5H2,1H3. The van der Waals surface area contributed by atoms with Crippen molar-refractivity contribution in [2.24, 2.45) is 0 Å². The first-order valence-electron chi connectivity index (χ1n) is 6.16. The third-order valence-corrected chi connectivity index (χ3v) is 3.08. The van der Waals surface area contributed by atoms with Gasteiger partial charge in [-0.3, -0.25) is 9.97 Å². The Kier molecular flexibility index (Phi) is 4.82. The summed E-state index contributed by atoms with van der Waals surface area (Å²) < 4.78 is 13.1. The summed E-state index contributed by atoms with van der Waals surface area (Å²) in [6.07, 6.45) is 5.92. The van der Waals surface area contributed by atoms with Crippen molar-refractivity contribution in [2.75, 3.05) is 6.54 Å². The molecule has 0 aliphatic carbocycles. The minimum Gasteiger partial charge on any atom is -0.305 e. The number of halogens is 2. The van der Waals surface area contributed by atoms with Crippen LogP contribution in [0, 0.1) is 5.82 Å². The van der Waals surface area contributed by atoms with E-state index in [1.165, 1.54) is 12.1 Å². The quantitative estimate of drug-likeness (QED) is 0.912. The summed E-state index contributed by atoms with van der Waals surface area (Å²) in [4.78, 5) is 8.36.